The Labute approximate surface area is 87.2 Å². The van der Waals surface area contributed by atoms with Crippen LogP contribution >= 0.6 is 0 Å². The number of hydrogen-bond donors (Lipinski definition) is 2. The molecule has 0 saturated carbocycles. The molecule has 1 aliphatic heterocycles. The fourth-order valence-corrected chi connectivity index (χ4v) is 1.68. The molecule has 2 N–H and O–H groups in total. The Morgan fingerprint density at radius 1 is 1.60 bits per heavy atom. The van der Waals surface area contributed by atoms with Crippen molar-refractivity contribution < 1.29 is 18.7 Å². The SMILES string of the molecule is CN[C@@H](CCCN1CC(F)(F)C1)C(=O)O. The van der Waals surface area contributed by atoms with Gasteiger partial charge < -0.3 is 10.4 Å². The summed E-state index contributed by atoms with van der Waals surface area (Å²) < 4.78 is 24.8. The first-order chi connectivity index (χ1) is 6.94. The normalized spacial score (nSPS) is 22.1. The lowest BCUT2D eigenvalue weighted by atomic mass is 10.1. The third kappa shape index (κ3) is 3.71. The van der Waals surface area contributed by atoms with Gasteiger partial charge in [-0.05, 0) is 26.4 Å². The van der Waals surface area contributed by atoms with Crippen molar-refractivity contribution in [2.75, 3.05) is 26.7 Å². The van der Waals surface area contributed by atoms with Gasteiger partial charge in [0, 0.05) is 0 Å². The van der Waals surface area contributed by atoms with Crippen LogP contribution < -0.4 is 5.32 Å². The number of carboxylic acids is 1. The van der Waals surface area contributed by atoms with Crippen LogP contribution in [0, 0.1) is 0 Å². The number of aliphatic carboxylic acids is 1. The maximum Gasteiger partial charge on any atom is 0.320 e. The van der Waals surface area contributed by atoms with Crippen LogP contribution in [0.25, 0.3) is 0 Å². The van der Waals surface area contributed by atoms with E-state index in [0.29, 0.717) is 19.4 Å². The number of hydrogen-bond acceptors (Lipinski definition) is 3. The highest BCUT2D eigenvalue weighted by Crippen LogP contribution is 2.26. The van der Waals surface area contributed by atoms with E-state index >= 15 is 0 Å². The van der Waals surface area contributed by atoms with Gasteiger partial charge in [-0.1, -0.05) is 0 Å². The van der Waals surface area contributed by atoms with E-state index in [2.05, 4.69) is 5.32 Å². The monoisotopic (exact) mass is 222 g/mol. The van der Waals surface area contributed by atoms with Crippen molar-refractivity contribution in [3.05, 3.63) is 0 Å². The highest BCUT2D eigenvalue weighted by Gasteiger charge is 2.43. The predicted molar refractivity (Wildman–Crippen MR) is 51.1 cm³/mol. The molecule has 15 heavy (non-hydrogen) atoms. The summed E-state index contributed by atoms with van der Waals surface area (Å²) in [6, 6.07) is -0.577. The number of nitrogens with zero attached hydrogens (tertiary/aromatic N) is 1. The van der Waals surface area contributed by atoms with Gasteiger partial charge in [0.2, 0.25) is 0 Å². The molecule has 4 nitrogen and oxygen atoms in total. The molecule has 0 radical (unpaired) electrons. The zero-order valence-corrected chi connectivity index (χ0v) is 8.67. The average molecular weight is 222 g/mol. The third-order valence-corrected chi connectivity index (χ3v) is 2.52. The number of carboxylic acid groups (broad SMARTS) is 1. The van der Waals surface area contributed by atoms with Crippen molar-refractivity contribution in [2.45, 2.75) is 24.8 Å². The molecule has 0 unspecified atom stereocenters. The van der Waals surface area contributed by atoms with Crippen LogP contribution in [0.5, 0.6) is 0 Å². The molecule has 1 saturated heterocycles. The summed E-state index contributed by atoms with van der Waals surface area (Å²) in [5.41, 5.74) is 0. The van der Waals surface area contributed by atoms with Gasteiger partial charge in [-0.2, -0.15) is 0 Å². The van der Waals surface area contributed by atoms with Crippen molar-refractivity contribution in [3.63, 3.8) is 0 Å². The van der Waals surface area contributed by atoms with E-state index in [1.54, 1.807) is 11.9 Å². The smallest absolute Gasteiger partial charge is 0.320 e. The predicted octanol–water partition coefficient (Wildman–Crippen LogP) is 0.390. The number of likely N-dealkylation sites (tertiary alicyclic amines) is 1. The molecule has 0 aliphatic carbocycles. The molecule has 1 fully saturated rings. The molecule has 88 valence electrons. The van der Waals surface area contributed by atoms with Crippen molar-refractivity contribution in [2.24, 2.45) is 0 Å². The van der Waals surface area contributed by atoms with E-state index in [4.69, 9.17) is 5.11 Å². The van der Waals surface area contributed by atoms with Crippen molar-refractivity contribution in [1.82, 2.24) is 10.2 Å². The number of likely N-dealkylation sites (N-methyl/N-ethyl adjacent to an activating group) is 1. The van der Waals surface area contributed by atoms with Crippen LogP contribution in [0.1, 0.15) is 12.8 Å². The van der Waals surface area contributed by atoms with Crippen LogP contribution in [0.15, 0.2) is 0 Å². The number of alkyl halides is 2. The Bertz CT molecular complexity index is 228. The molecule has 1 heterocycles. The maximum absolute atomic E-state index is 12.4. The Balaban J connectivity index is 2.09. The Kier molecular flexibility index (Phi) is 3.98. The van der Waals surface area contributed by atoms with Gasteiger partial charge in [0.25, 0.3) is 5.92 Å². The minimum atomic E-state index is -2.53. The van der Waals surface area contributed by atoms with Crippen molar-refractivity contribution in [3.8, 4) is 0 Å². The number of rotatable bonds is 6. The first-order valence-corrected chi connectivity index (χ1v) is 4.95. The second-order valence-electron chi connectivity index (χ2n) is 3.89. The van der Waals surface area contributed by atoms with E-state index in [9.17, 15) is 13.6 Å². The summed E-state index contributed by atoms with van der Waals surface area (Å²) in [6.07, 6.45) is 1.09. The third-order valence-electron chi connectivity index (χ3n) is 2.52. The molecule has 1 aliphatic rings. The fraction of sp³-hybridized carbons (Fsp3) is 0.889. The molecular formula is C9H16F2N2O2. The summed E-state index contributed by atoms with van der Waals surface area (Å²) in [5.74, 6) is -3.43. The lowest BCUT2D eigenvalue weighted by Crippen LogP contribution is -2.56. The zero-order chi connectivity index (χ0) is 11.5. The second kappa shape index (κ2) is 4.85. The van der Waals surface area contributed by atoms with Crippen LogP contribution in [-0.4, -0.2) is 54.6 Å². The van der Waals surface area contributed by atoms with Gasteiger partial charge in [0.05, 0.1) is 13.1 Å². The van der Waals surface area contributed by atoms with Crippen molar-refractivity contribution in [1.29, 1.82) is 0 Å². The number of carbonyl (C=O) groups is 1. The summed E-state index contributed by atoms with van der Waals surface area (Å²) in [6.45, 7) is 0.162. The molecule has 1 rings (SSSR count). The van der Waals surface area contributed by atoms with Gasteiger partial charge in [-0.15, -0.1) is 0 Å². The van der Waals surface area contributed by atoms with Crippen LogP contribution in [0.4, 0.5) is 8.78 Å². The van der Waals surface area contributed by atoms with E-state index in [1.807, 2.05) is 0 Å². The van der Waals surface area contributed by atoms with Gasteiger partial charge in [-0.3, -0.25) is 9.69 Å². The van der Waals surface area contributed by atoms with Gasteiger partial charge in [0.1, 0.15) is 6.04 Å². The molecular weight excluding hydrogens is 206 g/mol. The average Bonchev–Trinajstić information content (AvgIpc) is 2.08. The maximum atomic E-state index is 12.4. The van der Waals surface area contributed by atoms with Gasteiger partial charge in [0.15, 0.2) is 0 Å². The van der Waals surface area contributed by atoms with E-state index in [-0.39, 0.29) is 13.1 Å². The topological polar surface area (TPSA) is 52.6 Å². The molecule has 0 spiro atoms. The summed E-state index contributed by atoms with van der Waals surface area (Å²) in [7, 11) is 1.58. The standard InChI is InChI=1S/C9H16F2N2O2/c1-12-7(8(14)15)3-2-4-13-5-9(10,11)6-13/h7,12H,2-6H2,1H3,(H,14,15)/t7-/m0/s1. The Morgan fingerprint density at radius 2 is 2.20 bits per heavy atom. The Hall–Kier alpha value is -0.750. The summed E-state index contributed by atoms with van der Waals surface area (Å²) in [4.78, 5) is 12.2. The zero-order valence-electron chi connectivity index (χ0n) is 8.67. The summed E-state index contributed by atoms with van der Waals surface area (Å²) in [5, 5.41) is 11.4. The highest BCUT2D eigenvalue weighted by molar-refractivity contribution is 5.73. The Morgan fingerprint density at radius 3 is 2.60 bits per heavy atom. The quantitative estimate of drug-likeness (QED) is 0.682. The lowest BCUT2D eigenvalue weighted by molar-refractivity contribution is -0.140. The molecule has 0 aromatic rings. The molecule has 1 atom stereocenters. The van der Waals surface area contributed by atoms with Gasteiger partial charge >= 0.3 is 5.97 Å². The number of nitrogens with one attached hydrogen (secondary N) is 1. The van der Waals surface area contributed by atoms with Crippen LogP contribution in [0.2, 0.25) is 0 Å². The minimum absolute atomic E-state index is 0.190. The molecule has 0 bridgehead atoms. The molecule has 0 aromatic carbocycles. The highest BCUT2D eigenvalue weighted by atomic mass is 19.3. The van der Waals surface area contributed by atoms with E-state index in [1.165, 1.54) is 0 Å². The minimum Gasteiger partial charge on any atom is -0.480 e. The molecule has 6 heteroatoms. The van der Waals surface area contributed by atoms with Crippen molar-refractivity contribution >= 4 is 5.97 Å². The first kappa shape index (κ1) is 12.3. The molecule has 0 aromatic heterocycles. The number of halogens is 2. The van der Waals surface area contributed by atoms with Crippen LogP contribution in [0.3, 0.4) is 0 Å². The summed E-state index contributed by atoms with van der Waals surface area (Å²) >= 11 is 0. The molecule has 0 amide bonds. The lowest BCUT2D eigenvalue weighted by Gasteiger charge is -2.38. The fourth-order valence-electron chi connectivity index (χ4n) is 1.68. The van der Waals surface area contributed by atoms with E-state index < -0.39 is 17.9 Å². The van der Waals surface area contributed by atoms with Gasteiger partial charge in [-0.25, -0.2) is 8.78 Å². The second-order valence-corrected chi connectivity index (χ2v) is 3.89. The first-order valence-electron chi connectivity index (χ1n) is 4.95. The van der Waals surface area contributed by atoms with E-state index in [0.717, 1.165) is 0 Å². The largest absolute Gasteiger partial charge is 0.480 e. The van der Waals surface area contributed by atoms with Crippen LogP contribution in [-0.2, 0) is 4.79 Å².